The number of rotatable bonds is 12. The number of ether oxygens (including phenoxy) is 1. The van der Waals surface area contributed by atoms with Crippen LogP contribution < -0.4 is 28.7 Å². The van der Waals surface area contributed by atoms with Gasteiger partial charge in [0.05, 0.1) is 6.54 Å². The van der Waals surface area contributed by atoms with Crippen molar-refractivity contribution in [1.29, 1.82) is 0 Å². The van der Waals surface area contributed by atoms with Crippen molar-refractivity contribution >= 4 is 23.9 Å². The lowest BCUT2D eigenvalue weighted by Crippen LogP contribution is -2.40. The first-order chi connectivity index (χ1) is 18.8. The number of benzene rings is 2. The highest BCUT2D eigenvalue weighted by molar-refractivity contribution is 5.90. The number of aliphatic carboxylic acids is 2. The minimum Gasteiger partial charge on any atom is -0.508 e. The van der Waals surface area contributed by atoms with Crippen molar-refractivity contribution in [2.75, 3.05) is 13.1 Å². The summed E-state index contributed by atoms with van der Waals surface area (Å²) in [6.07, 6.45) is 2.34. The normalized spacial score (nSPS) is 12.3. The Balaban J connectivity index is 0.000000709. The average Bonchev–Trinajstić information content (AvgIpc) is 2.91. The molecule has 222 valence electrons. The lowest BCUT2D eigenvalue weighted by Gasteiger charge is -2.13. The quantitative estimate of drug-likeness (QED) is 0.0862. The van der Waals surface area contributed by atoms with Crippen LogP contribution in [-0.4, -0.2) is 75.5 Å². The van der Waals surface area contributed by atoms with Crippen LogP contribution in [0.4, 0.5) is 0 Å². The molecule has 14 heteroatoms. The van der Waals surface area contributed by atoms with Crippen molar-refractivity contribution in [3.05, 3.63) is 59.7 Å². The number of hydrogen-bond acceptors (Lipinski definition) is 12. The molecule has 0 aliphatic heterocycles. The Morgan fingerprint density at radius 3 is 1.45 bits per heavy atom. The van der Waals surface area contributed by atoms with E-state index in [-0.39, 0.29) is 30.9 Å². The molecule has 0 amide bonds. The third-order valence-electron chi connectivity index (χ3n) is 5.05. The zero-order valence-corrected chi connectivity index (χ0v) is 22.0. The van der Waals surface area contributed by atoms with E-state index in [1.807, 2.05) is 0 Å². The maximum atomic E-state index is 11.8. The standard InChI is InChI=1S/C15H23N3O4.C9H11NO3.C2H5NO2/c16-8-2-1-3-12(17)14(20)22-15(21)13(18)9-10-4-6-11(19)7-5-10;10-8(9(12)13)5-6-1-3-7(11)4-2-6;3-1-2(4)5/h4-7,12-13,19H,1-3,8-9,16-18H2;1-4,8,11H,5,10H2,(H,12,13);1,3H2,(H,4,5)/t12-,13-;8-;/m00./s1. The van der Waals surface area contributed by atoms with Crippen LogP contribution in [0.25, 0.3) is 0 Å². The van der Waals surface area contributed by atoms with Crippen molar-refractivity contribution in [3.63, 3.8) is 0 Å². The minimum absolute atomic E-state index is 0.124. The molecule has 14 N–H and O–H groups in total. The second-order valence-corrected chi connectivity index (χ2v) is 8.52. The highest BCUT2D eigenvalue weighted by Crippen LogP contribution is 2.12. The zero-order chi connectivity index (χ0) is 30.7. The molecule has 2 rings (SSSR count). The molecule has 0 unspecified atom stereocenters. The molecule has 0 heterocycles. The number of nitrogens with two attached hydrogens (primary N) is 5. The third-order valence-corrected chi connectivity index (χ3v) is 5.05. The van der Waals surface area contributed by atoms with Gasteiger partial charge in [0.1, 0.15) is 29.6 Å². The van der Waals surface area contributed by atoms with Crippen molar-refractivity contribution in [1.82, 2.24) is 0 Å². The van der Waals surface area contributed by atoms with Gasteiger partial charge in [0.25, 0.3) is 0 Å². The maximum absolute atomic E-state index is 11.8. The van der Waals surface area contributed by atoms with E-state index in [2.05, 4.69) is 5.73 Å². The topological polar surface area (TPSA) is 289 Å². The summed E-state index contributed by atoms with van der Waals surface area (Å²) in [5.41, 5.74) is 28.1. The van der Waals surface area contributed by atoms with Crippen LogP contribution in [0.3, 0.4) is 0 Å². The molecular formula is C26H39N5O9. The number of phenolic OH excluding ortho intramolecular Hbond substituents is 2. The molecule has 0 aromatic heterocycles. The van der Waals surface area contributed by atoms with E-state index in [1.54, 1.807) is 24.3 Å². The minimum atomic E-state index is -1.02. The van der Waals surface area contributed by atoms with Gasteiger partial charge in [-0.15, -0.1) is 0 Å². The van der Waals surface area contributed by atoms with Crippen molar-refractivity contribution < 1.29 is 44.3 Å². The third kappa shape index (κ3) is 16.7. The Morgan fingerprint density at radius 2 is 1.07 bits per heavy atom. The van der Waals surface area contributed by atoms with E-state index >= 15 is 0 Å². The number of unbranched alkanes of at least 4 members (excludes halogenated alkanes) is 1. The Hall–Kier alpha value is -4.08. The molecule has 0 aliphatic carbocycles. The van der Waals surface area contributed by atoms with Gasteiger partial charge in [0.15, 0.2) is 0 Å². The average molecular weight is 566 g/mol. The summed E-state index contributed by atoms with van der Waals surface area (Å²) in [5.74, 6) is -3.29. The van der Waals surface area contributed by atoms with Crippen LogP contribution in [0.1, 0.15) is 30.4 Å². The summed E-state index contributed by atoms with van der Waals surface area (Å²) in [4.78, 5) is 43.1. The molecule has 3 atom stereocenters. The van der Waals surface area contributed by atoms with Gasteiger partial charge in [-0.25, -0.2) is 9.59 Å². The number of carboxylic acid groups (broad SMARTS) is 2. The summed E-state index contributed by atoms with van der Waals surface area (Å²) in [5, 5.41) is 34.3. The van der Waals surface area contributed by atoms with Crippen LogP contribution in [0.15, 0.2) is 48.5 Å². The summed E-state index contributed by atoms with van der Waals surface area (Å²) in [6.45, 7) is 0.248. The Morgan fingerprint density at radius 1 is 0.675 bits per heavy atom. The largest absolute Gasteiger partial charge is 0.508 e. The summed E-state index contributed by atoms with van der Waals surface area (Å²) in [6, 6.07) is 9.87. The molecule has 0 bridgehead atoms. The van der Waals surface area contributed by atoms with Gasteiger partial charge in [0.2, 0.25) is 0 Å². The second-order valence-electron chi connectivity index (χ2n) is 8.52. The van der Waals surface area contributed by atoms with Crippen LogP contribution in [0, 0.1) is 0 Å². The molecule has 0 spiro atoms. The second kappa shape index (κ2) is 19.9. The number of carboxylic acids is 2. The van der Waals surface area contributed by atoms with Crippen molar-refractivity contribution in [2.45, 2.75) is 50.2 Å². The number of aromatic hydroxyl groups is 2. The van der Waals surface area contributed by atoms with Gasteiger partial charge in [-0.05, 0) is 67.6 Å². The molecule has 2 aromatic rings. The predicted octanol–water partition coefficient (Wildman–Crippen LogP) is -0.836. The van der Waals surface area contributed by atoms with Gasteiger partial charge in [-0.3, -0.25) is 9.59 Å². The first kappa shape index (κ1) is 35.9. The molecule has 14 nitrogen and oxygen atoms in total. The highest BCUT2D eigenvalue weighted by Gasteiger charge is 2.23. The SMILES string of the molecule is NCC(=O)O.NCCCC[C@H](N)C(=O)OC(=O)[C@@H](N)Cc1ccc(O)cc1.N[C@@H](Cc1ccc(O)cc1)C(=O)O. The summed E-state index contributed by atoms with van der Waals surface area (Å²) in [7, 11) is 0. The van der Waals surface area contributed by atoms with Gasteiger partial charge >= 0.3 is 23.9 Å². The first-order valence-corrected chi connectivity index (χ1v) is 12.2. The van der Waals surface area contributed by atoms with Crippen LogP contribution >= 0.6 is 0 Å². The van der Waals surface area contributed by atoms with Crippen LogP contribution in [-0.2, 0) is 36.8 Å². The smallest absolute Gasteiger partial charge is 0.330 e. The number of hydrogen-bond donors (Lipinski definition) is 9. The van der Waals surface area contributed by atoms with E-state index in [4.69, 9.17) is 43.0 Å². The highest BCUT2D eigenvalue weighted by atomic mass is 16.6. The maximum Gasteiger partial charge on any atom is 0.330 e. The number of phenols is 2. The fraction of sp³-hybridized carbons (Fsp3) is 0.385. The van der Waals surface area contributed by atoms with Crippen LogP contribution in [0.5, 0.6) is 11.5 Å². The van der Waals surface area contributed by atoms with Crippen molar-refractivity contribution in [2.24, 2.45) is 28.7 Å². The van der Waals surface area contributed by atoms with Crippen LogP contribution in [0.2, 0.25) is 0 Å². The van der Waals surface area contributed by atoms with Gasteiger partial charge in [0, 0.05) is 0 Å². The van der Waals surface area contributed by atoms with E-state index in [9.17, 15) is 24.3 Å². The molecule has 2 aromatic carbocycles. The molecule has 0 fully saturated rings. The molecule has 0 saturated heterocycles. The fourth-order valence-electron chi connectivity index (χ4n) is 2.82. The van der Waals surface area contributed by atoms with Crippen molar-refractivity contribution in [3.8, 4) is 11.5 Å². The van der Waals surface area contributed by atoms with E-state index in [0.29, 0.717) is 19.4 Å². The Kier molecular flexibility index (Phi) is 17.9. The van der Waals surface area contributed by atoms with Gasteiger partial charge in [-0.2, -0.15) is 0 Å². The predicted molar refractivity (Wildman–Crippen MR) is 146 cm³/mol. The van der Waals surface area contributed by atoms with E-state index < -0.39 is 42.0 Å². The Bertz CT molecular complexity index is 1050. The molecule has 0 saturated carbocycles. The van der Waals surface area contributed by atoms with Gasteiger partial charge in [-0.1, -0.05) is 30.7 Å². The molecule has 0 radical (unpaired) electrons. The first-order valence-electron chi connectivity index (χ1n) is 12.2. The number of carbonyl (C=O) groups excluding carboxylic acids is 2. The lowest BCUT2D eigenvalue weighted by molar-refractivity contribution is -0.161. The lowest BCUT2D eigenvalue weighted by atomic mass is 10.1. The van der Waals surface area contributed by atoms with Gasteiger partial charge < -0.3 is 53.8 Å². The zero-order valence-electron chi connectivity index (χ0n) is 22.0. The summed E-state index contributed by atoms with van der Waals surface area (Å²) < 4.78 is 4.69. The fourth-order valence-corrected chi connectivity index (χ4v) is 2.82. The van der Waals surface area contributed by atoms with E-state index in [0.717, 1.165) is 17.5 Å². The number of carbonyl (C=O) groups is 4. The molecule has 0 aliphatic rings. The number of esters is 2. The molecular weight excluding hydrogens is 526 g/mol. The Labute approximate surface area is 231 Å². The molecule has 40 heavy (non-hydrogen) atoms. The monoisotopic (exact) mass is 565 g/mol. The summed E-state index contributed by atoms with van der Waals surface area (Å²) >= 11 is 0. The van der Waals surface area contributed by atoms with E-state index in [1.165, 1.54) is 24.3 Å².